The van der Waals surface area contributed by atoms with Gasteiger partial charge in [0.25, 0.3) is 0 Å². The van der Waals surface area contributed by atoms with Gasteiger partial charge in [0.2, 0.25) is 11.8 Å². The largest absolute Gasteiger partial charge is 0.437 e. The third-order valence-electron chi connectivity index (χ3n) is 5.08. The number of carbonyl (C=O) groups excluding carboxylic acids is 1. The molecule has 0 unspecified atom stereocenters. The summed E-state index contributed by atoms with van der Waals surface area (Å²) in [6.07, 6.45) is 6.27. The number of pyridine rings is 1. The van der Waals surface area contributed by atoms with Crippen molar-refractivity contribution in [2.75, 3.05) is 5.32 Å². The van der Waals surface area contributed by atoms with Gasteiger partial charge >= 0.3 is 0 Å². The van der Waals surface area contributed by atoms with Gasteiger partial charge in [-0.1, -0.05) is 18.7 Å². The van der Waals surface area contributed by atoms with Crippen LogP contribution in [-0.4, -0.2) is 25.8 Å². The summed E-state index contributed by atoms with van der Waals surface area (Å²) in [6.45, 7) is 3.44. The molecular formula is C26H18FN5O2. The highest BCUT2D eigenvalue weighted by atomic mass is 19.1. The Hall–Kier alpha value is -4.85. The molecule has 2 aromatic carbocycles. The first-order valence-corrected chi connectivity index (χ1v) is 10.4. The average molecular weight is 451 g/mol. The number of H-pyrrole nitrogens is 1. The predicted molar refractivity (Wildman–Crippen MR) is 128 cm³/mol. The van der Waals surface area contributed by atoms with E-state index in [9.17, 15) is 9.18 Å². The van der Waals surface area contributed by atoms with Crippen molar-refractivity contribution in [3.63, 3.8) is 0 Å². The molecule has 1 amide bonds. The van der Waals surface area contributed by atoms with Crippen LogP contribution in [0.3, 0.4) is 0 Å². The van der Waals surface area contributed by atoms with Crippen molar-refractivity contribution in [3.8, 4) is 34.0 Å². The predicted octanol–water partition coefficient (Wildman–Crippen LogP) is 5.74. The summed E-state index contributed by atoms with van der Waals surface area (Å²) in [5.41, 5.74) is 5.04. The lowest BCUT2D eigenvalue weighted by molar-refractivity contribution is -0.111. The molecule has 0 spiro atoms. The summed E-state index contributed by atoms with van der Waals surface area (Å²) < 4.78 is 19.1. The Morgan fingerprint density at radius 3 is 2.62 bits per heavy atom. The Balaban J connectivity index is 1.41. The number of halogens is 1. The number of benzene rings is 2. The second-order valence-corrected chi connectivity index (χ2v) is 7.37. The maximum atomic E-state index is 13.2. The van der Waals surface area contributed by atoms with E-state index in [-0.39, 0.29) is 11.7 Å². The van der Waals surface area contributed by atoms with Crippen molar-refractivity contribution >= 4 is 22.8 Å². The van der Waals surface area contributed by atoms with Gasteiger partial charge < -0.3 is 15.0 Å². The second kappa shape index (κ2) is 8.95. The number of ether oxygens (including phenoxy) is 1. The fourth-order valence-corrected chi connectivity index (χ4v) is 3.44. The van der Waals surface area contributed by atoms with Crippen LogP contribution < -0.4 is 10.1 Å². The van der Waals surface area contributed by atoms with Crippen LogP contribution in [0, 0.1) is 5.82 Å². The monoisotopic (exact) mass is 451 g/mol. The standard InChI is InChI=1S/C26H18FN5O2/c1-2-23(33)31-19-4-3-5-20(12-19)34-24-15-30-26-25(32-24)21(14-29-26)17-8-11-22(28-13-17)16-6-9-18(27)10-7-16/h2-15H,1H2,(H,29,30)(H,31,33). The molecule has 8 heteroatoms. The van der Waals surface area contributed by atoms with Crippen LogP contribution in [-0.2, 0) is 4.79 Å². The maximum Gasteiger partial charge on any atom is 0.247 e. The van der Waals surface area contributed by atoms with Crippen molar-refractivity contribution in [3.05, 3.63) is 97.7 Å². The summed E-state index contributed by atoms with van der Waals surface area (Å²) >= 11 is 0. The van der Waals surface area contributed by atoms with Crippen LogP contribution in [0.1, 0.15) is 0 Å². The van der Waals surface area contributed by atoms with Gasteiger partial charge in [0.05, 0.1) is 11.9 Å². The number of hydrogen-bond donors (Lipinski definition) is 2. The quantitative estimate of drug-likeness (QED) is 0.321. The van der Waals surface area contributed by atoms with E-state index in [4.69, 9.17) is 4.74 Å². The molecule has 34 heavy (non-hydrogen) atoms. The third kappa shape index (κ3) is 4.37. The molecule has 0 saturated heterocycles. The van der Waals surface area contributed by atoms with Gasteiger partial charge in [-0.2, -0.15) is 0 Å². The highest BCUT2D eigenvalue weighted by Crippen LogP contribution is 2.30. The fraction of sp³-hybridized carbons (Fsp3) is 0. The number of nitrogens with zero attached hydrogens (tertiary/aromatic N) is 3. The van der Waals surface area contributed by atoms with Crippen LogP contribution in [0.4, 0.5) is 10.1 Å². The molecule has 0 radical (unpaired) electrons. The van der Waals surface area contributed by atoms with Crippen LogP contribution >= 0.6 is 0 Å². The van der Waals surface area contributed by atoms with E-state index >= 15 is 0 Å². The third-order valence-corrected chi connectivity index (χ3v) is 5.08. The molecule has 0 fully saturated rings. The van der Waals surface area contributed by atoms with E-state index in [2.05, 4.69) is 31.8 Å². The zero-order chi connectivity index (χ0) is 23.5. The van der Waals surface area contributed by atoms with E-state index in [1.807, 2.05) is 18.3 Å². The summed E-state index contributed by atoms with van der Waals surface area (Å²) in [5.74, 6) is 0.202. The number of carbonyl (C=O) groups is 1. The average Bonchev–Trinajstić information content (AvgIpc) is 3.28. The number of fused-ring (bicyclic) bond motifs is 1. The van der Waals surface area contributed by atoms with Crippen molar-refractivity contribution in [2.24, 2.45) is 0 Å². The molecule has 5 rings (SSSR count). The molecule has 2 N–H and O–H groups in total. The van der Waals surface area contributed by atoms with E-state index in [0.717, 1.165) is 22.4 Å². The number of hydrogen-bond acceptors (Lipinski definition) is 5. The van der Waals surface area contributed by atoms with E-state index in [0.29, 0.717) is 28.5 Å². The lowest BCUT2D eigenvalue weighted by Gasteiger charge is -2.08. The normalized spacial score (nSPS) is 10.7. The topological polar surface area (TPSA) is 92.8 Å². The highest BCUT2D eigenvalue weighted by molar-refractivity contribution is 5.99. The number of aromatic amines is 1. The van der Waals surface area contributed by atoms with Crippen LogP contribution in [0.5, 0.6) is 11.6 Å². The summed E-state index contributed by atoms with van der Waals surface area (Å²) in [7, 11) is 0. The molecule has 7 nitrogen and oxygen atoms in total. The van der Waals surface area contributed by atoms with Crippen molar-refractivity contribution in [2.45, 2.75) is 0 Å². The first kappa shape index (κ1) is 21.0. The molecule has 0 aliphatic carbocycles. The first-order chi connectivity index (χ1) is 16.6. The molecule has 3 heterocycles. The summed E-state index contributed by atoms with van der Waals surface area (Å²) in [4.78, 5) is 28.2. The van der Waals surface area contributed by atoms with Crippen LogP contribution in [0.15, 0.2) is 91.9 Å². The molecule has 0 atom stereocenters. The van der Waals surface area contributed by atoms with E-state index in [1.165, 1.54) is 24.4 Å². The number of aromatic nitrogens is 4. The van der Waals surface area contributed by atoms with Gasteiger partial charge in [-0.25, -0.2) is 14.4 Å². The van der Waals surface area contributed by atoms with Gasteiger partial charge in [-0.15, -0.1) is 0 Å². The van der Waals surface area contributed by atoms with Gasteiger partial charge in [0.1, 0.15) is 17.1 Å². The van der Waals surface area contributed by atoms with E-state index in [1.54, 1.807) is 42.6 Å². The first-order valence-electron chi connectivity index (χ1n) is 10.4. The van der Waals surface area contributed by atoms with E-state index < -0.39 is 0 Å². The number of amides is 1. The molecule has 0 aliphatic rings. The lowest BCUT2D eigenvalue weighted by atomic mass is 10.1. The summed E-state index contributed by atoms with van der Waals surface area (Å²) in [5, 5.41) is 2.69. The Kier molecular flexibility index (Phi) is 5.53. The minimum atomic E-state index is -0.311. The number of anilines is 1. The maximum absolute atomic E-state index is 13.2. The zero-order valence-electron chi connectivity index (χ0n) is 17.8. The SMILES string of the molecule is C=CC(=O)Nc1cccc(Oc2cnc3[nH]cc(-c4ccc(-c5ccc(F)cc5)nc4)c3n2)c1. The van der Waals surface area contributed by atoms with Gasteiger partial charge in [-0.3, -0.25) is 9.78 Å². The molecule has 0 saturated carbocycles. The molecule has 0 aliphatic heterocycles. The van der Waals surface area contributed by atoms with Gasteiger partial charge in [0.15, 0.2) is 5.65 Å². The van der Waals surface area contributed by atoms with Gasteiger partial charge in [0, 0.05) is 40.8 Å². The van der Waals surface area contributed by atoms with Crippen molar-refractivity contribution in [1.82, 2.24) is 19.9 Å². The zero-order valence-corrected chi connectivity index (χ0v) is 17.8. The highest BCUT2D eigenvalue weighted by Gasteiger charge is 2.12. The van der Waals surface area contributed by atoms with Crippen LogP contribution in [0.25, 0.3) is 33.5 Å². The fourth-order valence-electron chi connectivity index (χ4n) is 3.44. The minimum Gasteiger partial charge on any atom is -0.437 e. The number of nitrogens with one attached hydrogen (secondary N) is 2. The minimum absolute atomic E-state index is 0.288. The molecular weight excluding hydrogens is 433 g/mol. The summed E-state index contributed by atoms with van der Waals surface area (Å²) in [6, 6.07) is 16.9. The second-order valence-electron chi connectivity index (χ2n) is 7.37. The molecule has 5 aromatic rings. The Morgan fingerprint density at radius 2 is 1.85 bits per heavy atom. The number of rotatable bonds is 6. The van der Waals surface area contributed by atoms with Crippen molar-refractivity contribution in [1.29, 1.82) is 0 Å². The lowest BCUT2D eigenvalue weighted by Crippen LogP contribution is -2.07. The van der Waals surface area contributed by atoms with Gasteiger partial charge in [-0.05, 0) is 48.5 Å². The Morgan fingerprint density at radius 1 is 1.03 bits per heavy atom. The smallest absolute Gasteiger partial charge is 0.247 e. The Bertz CT molecular complexity index is 1490. The van der Waals surface area contributed by atoms with Crippen LogP contribution in [0.2, 0.25) is 0 Å². The molecule has 166 valence electrons. The van der Waals surface area contributed by atoms with Crippen molar-refractivity contribution < 1.29 is 13.9 Å². The Labute approximate surface area is 194 Å². The molecule has 0 bridgehead atoms. The molecule has 3 aromatic heterocycles.